The minimum absolute atomic E-state index is 0.131. The first-order chi connectivity index (χ1) is 12.6. The normalized spacial score (nSPS) is 39.9. The second kappa shape index (κ2) is 9.82. The Morgan fingerprint density at radius 1 is 1.26 bits per heavy atom. The highest BCUT2D eigenvalue weighted by Crippen LogP contribution is 2.35. The number of fused-ring (bicyclic) bond motifs is 2. The van der Waals surface area contributed by atoms with Crippen LogP contribution >= 0.6 is 11.8 Å². The Kier molecular flexibility index (Phi) is 8.29. The third-order valence-corrected chi connectivity index (χ3v) is 7.46. The molecule has 0 radical (unpaired) electrons. The van der Waals surface area contributed by atoms with Gasteiger partial charge in [-0.15, -0.1) is 16.5 Å². The summed E-state index contributed by atoms with van der Waals surface area (Å²) in [6.07, 6.45) is 0.00542. The van der Waals surface area contributed by atoms with Crippen molar-refractivity contribution in [3.63, 3.8) is 0 Å². The van der Waals surface area contributed by atoms with Crippen LogP contribution in [0.15, 0.2) is 17.3 Å². The molecule has 2 aliphatic rings. The molecule has 2 heterocycles. The van der Waals surface area contributed by atoms with Gasteiger partial charge in [0.15, 0.2) is 0 Å². The van der Waals surface area contributed by atoms with Gasteiger partial charge >= 0.3 is 0 Å². The van der Waals surface area contributed by atoms with Gasteiger partial charge in [-0.1, -0.05) is 17.3 Å². The van der Waals surface area contributed by atoms with E-state index in [0.29, 0.717) is 12.8 Å². The lowest BCUT2D eigenvalue weighted by Crippen LogP contribution is -2.63. The topological polar surface area (TPSA) is 154 Å². The lowest BCUT2D eigenvalue weighted by atomic mass is 9.93. The maximum atomic E-state index is 12.5. The fourth-order valence-electron chi connectivity index (χ4n) is 2.86. The Balaban J connectivity index is 2.26. The molecule has 8 atom stereocenters. The first-order valence-corrected chi connectivity index (χ1v) is 10.9. The van der Waals surface area contributed by atoms with Crippen molar-refractivity contribution in [2.45, 2.75) is 79.5 Å². The summed E-state index contributed by atoms with van der Waals surface area (Å²) in [5.74, 6) is 0. The average Bonchev–Trinajstić information content (AvgIpc) is 2.61. The molecule has 0 amide bonds. The van der Waals surface area contributed by atoms with Crippen molar-refractivity contribution in [1.29, 1.82) is 0 Å². The Bertz CT molecular complexity index is 570. The first-order valence-electron chi connectivity index (χ1n) is 8.84. The second-order valence-electron chi connectivity index (χ2n) is 7.66. The SMILES string of the molecule is CC(C)(C)[S@@+]([O-])N[C@@H]1C/C=C\C[C@@H](CN=[N+]=[N-])S[C@H]2O[C@H]1[C@H](O)[C@H](O)[C@H]2O. The number of hydrogen-bond donors (Lipinski definition) is 4. The molecule has 2 aliphatic heterocycles. The molecule has 0 aromatic rings. The summed E-state index contributed by atoms with van der Waals surface area (Å²) in [4.78, 5) is 2.77. The molecule has 9 nitrogen and oxygen atoms in total. The molecular weight excluding hydrogens is 392 g/mol. The molecule has 0 aromatic heterocycles. The number of allylic oxidation sites excluding steroid dienone is 1. The smallest absolute Gasteiger partial charge is 0.136 e. The maximum absolute atomic E-state index is 12.5. The Hall–Kier alpha value is -0.490. The maximum Gasteiger partial charge on any atom is 0.136 e. The van der Waals surface area contributed by atoms with Crippen molar-refractivity contribution in [2.75, 3.05) is 6.54 Å². The number of ether oxygens (including phenoxy) is 1. The molecule has 1 fully saturated rings. The molecule has 0 aromatic carbocycles. The summed E-state index contributed by atoms with van der Waals surface area (Å²) in [5, 5.41) is 34.5. The van der Waals surface area contributed by atoms with Gasteiger partial charge in [0, 0.05) is 28.1 Å². The van der Waals surface area contributed by atoms with Crippen LogP contribution in [-0.4, -0.2) is 72.3 Å². The summed E-state index contributed by atoms with van der Waals surface area (Å²) in [7, 11) is 0. The van der Waals surface area contributed by atoms with Crippen LogP contribution in [0.5, 0.6) is 0 Å². The zero-order valence-electron chi connectivity index (χ0n) is 15.6. The standard InChI is InChI=1S/C16H28N4O5S2/c1-16(2,3)27(24)19-10-7-5-4-6-9(8-18-20-17)26-15-13(23)11(21)12(22)14(10)25-15/h4-5,9-15,19,21-23H,6-8H2,1-3H3/b5-4-/t9-,10+,11-,12+,13+,14+,15+,27+/m0/s1. The minimum atomic E-state index is -1.40. The fourth-order valence-corrected chi connectivity index (χ4v) is 4.99. The number of rotatable bonds is 4. The van der Waals surface area contributed by atoms with Gasteiger partial charge in [0.1, 0.15) is 34.6 Å². The van der Waals surface area contributed by atoms with Crippen molar-refractivity contribution < 1.29 is 24.6 Å². The summed E-state index contributed by atoms with van der Waals surface area (Å²) in [6.45, 7) is 5.72. The molecule has 1 saturated heterocycles. The number of aliphatic hydroxyl groups is 3. The van der Waals surface area contributed by atoms with Crippen LogP contribution in [0, 0.1) is 0 Å². The van der Waals surface area contributed by atoms with Crippen molar-refractivity contribution in [1.82, 2.24) is 4.72 Å². The van der Waals surface area contributed by atoms with E-state index >= 15 is 0 Å². The van der Waals surface area contributed by atoms with Gasteiger partial charge in [-0.05, 0) is 39.1 Å². The molecule has 154 valence electrons. The molecule has 0 aliphatic carbocycles. The number of hydrogen-bond acceptors (Lipinski definition) is 8. The van der Waals surface area contributed by atoms with E-state index in [0.717, 1.165) is 0 Å². The van der Waals surface area contributed by atoms with E-state index in [-0.39, 0.29) is 11.8 Å². The average molecular weight is 421 g/mol. The van der Waals surface area contributed by atoms with Crippen LogP contribution in [0.2, 0.25) is 0 Å². The zero-order valence-corrected chi connectivity index (χ0v) is 17.3. The van der Waals surface area contributed by atoms with Gasteiger partial charge in [-0.2, -0.15) is 0 Å². The molecule has 0 saturated carbocycles. The lowest BCUT2D eigenvalue weighted by Gasteiger charge is -2.44. The molecule has 2 rings (SSSR count). The van der Waals surface area contributed by atoms with Gasteiger partial charge < -0.3 is 24.6 Å². The number of aliphatic hydroxyl groups excluding tert-OH is 3. The van der Waals surface area contributed by atoms with Crippen LogP contribution in [0.3, 0.4) is 0 Å². The van der Waals surface area contributed by atoms with E-state index in [1.54, 1.807) is 0 Å². The number of azide groups is 1. The second-order valence-corrected chi connectivity index (χ2v) is 11.1. The van der Waals surface area contributed by atoms with E-state index in [1.165, 1.54) is 11.8 Å². The van der Waals surface area contributed by atoms with Crippen LogP contribution in [0.4, 0.5) is 0 Å². The molecule has 0 spiro atoms. The summed E-state index contributed by atoms with van der Waals surface area (Å²) in [6, 6.07) is -0.504. The highest BCUT2D eigenvalue weighted by Gasteiger charge is 2.48. The highest BCUT2D eigenvalue weighted by molar-refractivity contribution is 8.00. The van der Waals surface area contributed by atoms with Gasteiger partial charge in [-0.25, -0.2) is 0 Å². The van der Waals surface area contributed by atoms with Crippen molar-refractivity contribution >= 4 is 23.1 Å². The van der Waals surface area contributed by atoms with Gasteiger partial charge in [-0.3, -0.25) is 0 Å². The summed E-state index contributed by atoms with van der Waals surface area (Å²) < 4.78 is 21.0. The van der Waals surface area contributed by atoms with Crippen molar-refractivity contribution in [3.05, 3.63) is 22.6 Å². The van der Waals surface area contributed by atoms with Crippen LogP contribution in [0.25, 0.3) is 10.4 Å². The van der Waals surface area contributed by atoms with E-state index < -0.39 is 52.0 Å². The van der Waals surface area contributed by atoms with Crippen LogP contribution in [-0.2, 0) is 16.1 Å². The Labute approximate surface area is 166 Å². The molecule has 0 unspecified atom stereocenters. The van der Waals surface area contributed by atoms with E-state index in [9.17, 15) is 19.9 Å². The molecule has 2 bridgehead atoms. The highest BCUT2D eigenvalue weighted by atomic mass is 32.2. The third kappa shape index (κ3) is 5.99. The number of thioether (sulfide) groups is 1. The minimum Gasteiger partial charge on any atom is -0.598 e. The quantitative estimate of drug-likeness (QED) is 0.174. The first kappa shape index (κ1) is 22.8. The van der Waals surface area contributed by atoms with Gasteiger partial charge in [0.05, 0.1) is 6.04 Å². The predicted octanol–water partition coefficient (Wildman–Crippen LogP) is 0.976. The van der Waals surface area contributed by atoms with Gasteiger partial charge in [0.2, 0.25) is 0 Å². The summed E-state index contributed by atoms with van der Waals surface area (Å²) in [5.41, 5.74) is 7.75. The lowest BCUT2D eigenvalue weighted by molar-refractivity contribution is -0.203. The monoisotopic (exact) mass is 420 g/mol. The Morgan fingerprint density at radius 3 is 2.56 bits per heavy atom. The molecule has 11 heteroatoms. The van der Waals surface area contributed by atoms with Gasteiger partial charge in [0.25, 0.3) is 0 Å². The number of nitrogens with one attached hydrogen (secondary N) is 1. The zero-order chi connectivity index (χ0) is 20.2. The number of nitrogens with zero attached hydrogens (tertiary/aromatic N) is 3. The summed E-state index contributed by atoms with van der Waals surface area (Å²) >= 11 is -0.135. The molecule has 4 N–H and O–H groups in total. The van der Waals surface area contributed by atoms with Crippen LogP contribution < -0.4 is 4.72 Å². The van der Waals surface area contributed by atoms with Crippen molar-refractivity contribution in [3.8, 4) is 0 Å². The van der Waals surface area contributed by atoms with E-state index in [4.69, 9.17) is 10.3 Å². The van der Waals surface area contributed by atoms with E-state index in [1.807, 2.05) is 32.9 Å². The van der Waals surface area contributed by atoms with Crippen LogP contribution in [0.1, 0.15) is 33.6 Å². The third-order valence-electron chi connectivity index (χ3n) is 4.45. The van der Waals surface area contributed by atoms with E-state index in [2.05, 4.69) is 14.7 Å². The molecule has 27 heavy (non-hydrogen) atoms. The fraction of sp³-hybridized carbons (Fsp3) is 0.875. The Morgan fingerprint density at radius 2 is 1.93 bits per heavy atom. The van der Waals surface area contributed by atoms with Crippen molar-refractivity contribution in [2.24, 2.45) is 5.11 Å². The molecular formula is C16H28N4O5S2. The largest absolute Gasteiger partial charge is 0.598 e. The predicted molar refractivity (Wildman–Crippen MR) is 105 cm³/mol.